The summed E-state index contributed by atoms with van der Waals surface area (Å²) in [5.41, 5.74) is 4.03. The number of carbonyl (C=O) groups excluding carboxylic acids is 1. The van der Waals surface area contributed by atoms with Crippen LogP contribution in [0.3, 0.4) is 0 Å². The minimum Gasteiger partial charge on any atom is -0.497 e. The average Bonchev–Trinajstić information content (AvgIpc) is 2.94. The number of benzene rings is 2. The fourth-order valence-corrected chi connectivity index (χ4v) is 2.89. The van der Waals surface area contributed by atoms with Gasteiger partial charge in [0.15, 0.2) is 0 Å². The summed E-state index contributed by atoms with van der Waals surface area (Å²) in [6.45, 7) is 4.54. The maximum atomic E-state index is 12.6. The van der Waals surface area contributed by atoms with Crippen molar-refractivity contribution in [2.75, 3.05) is 7.11 Å². The molecule has 26 heavy (non-hydrogen) atoms. The molecule has 0 saturated carbocycles. The first-order chi connectivity index (χ1) is 12.6. The summed E-state index contributed by atoms with van der Waals surface area (Å²) in [5.74, 6) is 0.378. The van der Waals surface area contributed by atoms with Gasteiger partial charge in [-0.1, -0.05) is 42.5 Å². The highest BCUT2D eigenvalue weighted by molar-refractivity contribution is 5.91. The van der Waals surface area contributed by atoms with Gasteiger partial charge in [-0.25, -0.2) is 4.79 Å². The molecule has 3 rings (SSSR count). The van der Waals surface area contributed by atoms with E-state index in [-0.39, 0.29) is 12.6 Å². The monoisotopic (exact) mass is 350 g/mol. The lowest BCUT2D eigenvalue weighted by Gasteiger charge is -2.08. The van der Waals surface area contributed by atoms with Crippen molar-refractivity contribution in [3.05, 3.63) is 82.7 Å². The normalized spacial score (nSPS) is 10.6. The van der Waals surface area contributed by atoms with Crippen molar-refractivity contribution in [3.8, 4) is 5.75 Å². The van der Waals surface area contributed by atoms with E-state index in [1.807, 2.05) is 73.1 Å². The quantitative estimate of drug-likeness (QED) is 0.633. The highest BCUT2D eigenvalue weighted by atomic mass is 16.5. The van der Waals surface area contributed by atoms with Crippen LogP contribution in [-0.2, 0) is 17.9 Å². The van der Waals surface area contributed by atoms with Crippen molar-refractivity contribution >= 4 is 5.97 Å². The second-order valence-corrected chi connectivity index (χ2v) is 6.12. The molecule has 0 fully saturated rings. The minimum atomic E-state index is -0.359. The molecule has 1 heterocycles. The van der Waals surface area contributed by atoms with Crippen molar-refractivity contribution in [3.63, 3.8) is 0 Å². The molecule has 1 aromatic heterocycles. The van der Waals surface area contributed by atoms with Gasteiger partial charge in [0, 0.05) is 0 Å². The van der Waals surface area contributed by atoms with E-state index in [1.165, 1.54) is 0 Å². The number of ether oxygens (including phenoxy) is 2. The number of aryl methyl sites for hydroxylation is 1. The smallest absolute Gasteiger partial charge is 0.342 e. The Hall–Kier alpha value is -3.08. The SMILES string of the molecule is COc1cccc(COC(=O)c2c(C)nn(Cc3ccccc3)c2C)c1. The molecule has 0 saturated heterocycles. The fraction of sp³-hybridized carbons (Fsp3) is 0.238. The number of nitrogens with zero attached hydrogens (tertiary/aromatic N) is 2. The molecule has 0 atom stereocenters. The van der Waals surface area contributed by atoms with Crippen LogP contribution in [0.25, 0.3) is 0 Å². The zero-order valence-electron chi connectivity index (χ0n) is 15.2. The third kappa shape index (κ3) is 3.94. The number of carbonyl (C=O) groups is 1. The lowest BCUT2D eigenvalue weighted by atomic mass is 10.2. The molecule has 0 unspecified atom stereocenters. The van der Waals surface area contributed by atoms with Crippen LogP contribution in [0, 0.1) is 13.8 Å². The van der Waals surface area contributed by atoms with Gasteiger partial charge in [-0.15, -0.1) is 0 Å². The largest absolute Gasteiger partial charge is 0.497 e. The van der Waals surface area contributed by atoms with E-state index >= 15 is 0 Å². The summed E-state index contributed by atoms with van der Waals surface area (Å²) in [6, 6.07) is 17.5. The van der Waals surface area contributed by atoms with Crippen LogP contribution < -0.4 is 4.74 Å². The topological polar surface area (TPSA) is 53.4 Å². The standard InChI is InChI=1S/C21H22N2O3/c1-15-20(16(2)23(22-15)13-17-8-5-4-6-9-17)21(24)26-14-18-10-7-11-19(12-18)25-3/h4-12H,13-14H2,1-3H3. The number of rotatable bonds is 6. The van der Waals surface area contributed by atoms with Crippen LogP contribution in [0.2, 0.25) is 0 Å². The zero-order chi connectivity index (χ0) is 18.5. The number of aromatic nitrogens is 2. The van der Waals surface area contributed by atoms with Crippen LogP contribution in [0.15, 0.2) is 54.6 Å². The minimum absolute atomic E-state index is 0.193. The summed E-state index contributed by atoms with van der Waals surface area (Å²) in [5, 5.41) is 4.50. The van der Waals surface area contributed by atoms with Crippen molar-refractivity contribution < 1.29 is 14.3 Å². The maximum Gasteiger partial charge on any atom is 0.342 e. The van der Waals surface area contributed by atoms with Crippen molar-refractivity contribution in [2.45, 2.75) is 27.0 Å². The Kier molecular flexibility index (Phi) is 5.37. The van der Waals surface area contributed by atoms with E-state index in [9.17, 15) is 4.79 Å². The highest BCUT2D eigenvalue weighted by Gasteiger charge is 2.20. The van der Waals surface area contributed by atoms with E-state index in [0.717, 1.165) is 22.6 Å². The molecular weight excluding hydrogens is 328 g/mol. The molecule has 3 aromatic rings. The van der Waals surface area contributed by atoms with Crippen molar-refractivity contribution in [1.29, 1.82) is 0 Å². The lowest BCUT2D eigenvalue weighted by molar-refractivity contribution is 0.0470. The molecule has 0 radical (unpaired) electrons. The van der Waals surface area contributed by atoms with Crippen LogP contribution in [0.1, 0.15) is 32.9 Å². The van der Waals surface area contributed by atoms with E-state index in [0.29, 0.717) is 17.8 Å². The molecule has 0 spiro atoms. The summed E-state index contributed by atoms with van der Waals surface area (Å²) in [6.07, 6.45) is 0. The lowest BCUT2D eigenvalue weighted by Crippen LogP contribution is -2.09. The summed E-state index contributed by atoms with van der Waals surface area (Å²) < 4.78 is 12.5. The number of esters is 1. The summed E-state index contributed by atoms with van der Waals surface area (Å²) in [7, 11) is 1.61. The molecular formula is C21H22N2O3. The average molecular weight is 350 g/mol. The van der Waals surface area contributed by atoms with Gasteiger partial charge in [0.05, 0.1) is 25.0 Å². The molecule has 2 aromatic carbocycles. The first kappa shape index (κ1) is 17.7. The highest BCUT2D eigenvalue weighted by Crippen LogP contribution is 2.18. The van der Waals surface area contributed by atoms with Crippen LogP contribution >= 0.6 is 0 Å². The molecule has 0 aliphatic heterocycles. The number of hydrogen-bond acceptors (Lipinski definition) is 4. The molecule has 5 nitrogen and oxygen atoms in total. The number of methoxy groups -OCH3 is 1. The maximum absolute atomic E-state index is 12.6. The molecule has 0 bridgehead atoms. The summed E-state index contributed by atoms with van der Waals surface area (Å²) in [4.78, 5) is 12.6. The fourth-order valence-electron chi connectivity index (χ4n) is 2.89. The van der Waals surface area contributed by atoms with Crippen molar-refractivity contribution in [2.24, 2.45) is 0 Å². The van der Waals surface area contributed by atoms with Gasteiger partial charge < -0.3 is 9.47 Å². The van der Waals surface area contributed by atoms with Gasteiger partial charge >= 0.3 is 5.97 Å². The number of hydrogen-bond donors (Lipinski definition) is 0. The van der Waals surface area contributed by atoms with Gasteiger partial charge in [-0.3, -0.25) is 4.68 Å². The Labute approximate surface area is 153 Å². The van der Waals surface area contributed by atoms with Gasteiger partial charge in [0.1, 0.15) is 17.9 Å². The van der Waals surface area contributed by atoms with E-state index in [1.54, 1.807) is 7.11 Å². The third-order valence-electron chi connectivity index (χ3n) is 4.26. The Bertz CT molecular complexity index is 901. The Balaban J connectivity index is 1.73. The third-order valence-corrected chi connectivity index (χ3v) is 4.26. The Morgan fingerprint density at radius 1 is 1.04 bits per heavy atom. The molecule has 0 aliphatic carbocycles. The zero-order valence-corrected chi connectivity index (χ0v) is 15.2. The van der Waals surface area contributed by atoms with Gasteiger partial charge in [-0.05, 0) is 37.1 Å². The molecule has 0 N–H and O–H groups in total. The predicted octanol–water partition coefficient (Wildman–Crippen LogP) is 3.91. The first-order valence-corrected chi connectivity index (χ1v) is 8.46. The van der Waals surface area contributed by atoms with Gasteiger partial charge in [0.25, 0.3) is 0 Å². The van der Waals surface area contributed by atoms with E-state index < -0.39 is 0 Å². The van der Waals surface area contributed by atoms with Crippen molar-refractivity contribution in [1.82, 2.24) is 9.78 Å². The van der Waals surface area contributed by atoms with E-state index in [2.05, 4.69) is 5.10 Å². The summed E-state index contributed by atoms with van der Waals surface area (Å²) >= 11 is 0. The van der Waals surface area contributed by atoms with E-state index in [4.69, 9.17) is 9.47 Å². The molecule has 134 valence electrons. The molecule has 0 amide bonds. The molecule has 0 aliphatic rings. The Morgan fingerprint density at radius 2 is 1.77 bits per heavy atom. The van der Waals surface area contributed by atoms with Crippen LogP contribution in [-0.4, -0.2) is 22.9 Å². The van der Waals surface area contributed by atoms with Crippen LogP contribution in [0.4, 0.5) is 0 Å². The first-order valence-electron chi connectivity index (χ1n) is 8.46. The molecule has 5 heteroatoms. The van der Waals surface area contributed by atoms with Gasteiger partial charge in [0.2, 0.25) is 0 Å². The predicted molar refractivity (Wildman–Crippen MR) is 99.4 cm³/mol. The van der Waals surface area contributed by atoms with Gasteiger partial charge in [-0.2, -0.15) is 5.10 Å². The van der Waals surface area contributed by atoms with Crippen LogP contribution in [0.5, 0.6) is 5.75 Å². The second kappa shape index (κ2) is 7.87. The Morgan fingerprint density at radius 3 is 2.50 bits per heavy atom. The second-order valence-electron chi connectivity index (χ2n) is 6.12.